The first-order valence-electron chi connectivity index (χ1n) is 7.93. The number of carbonyl (C=O) groups excluding carboxylic acids is 2. The van der Waals surface area contributed by atoms with Crippen LogP contribution in [-0.4, -0.2) is 16.8 Å². The number of pyridine rings is 1. The Labute approximate surface area is 146 Å². The van der Waals surface area contributed by atoms with Crippen molar-refractivity contribution in [1.29, 1.82) is 0 Å². The van der Waals surface area contributed by atoms with Gasteiger partial charge in [-0.05, 0) is 38.0 Å². The number of hydrogen-bond donors (Lipinski definition) is 0. The number of rotatable bonds is 3. The molecule has 2 atom stereocenters. The van der Waals surface area contributed by atoms with Gasteiger partial charge in [0, 0.05) is 12.1 Å². The monoisotopic (exact) mass is 342 g/mol. The van der Waals surface area contributed by atoms with Crippen molar-refractivity contribution in [1.82, 2.24) is 4.98 Å². The van der Waals surface area contributed by atoms with Crippen LogP contribution >= 0.6 is 11.6 Å². The van der Waals surface area contributed by atoms with Gasteiger partial charge in [0.2, 0.25) is 11.8 Å². The molecule has 2 aromatic rings. The van der Waals surface area contributed by atoms with Gasteiger partial charge in [0.15, 0.2) is 0 Å². The molecule has 2 heterocycles. The van der Waals surface area contributed by atoms with E-state index in [1.807, 2.05) is 20.8 Å². The number of imide groups is 1. The number of aromatic nitrogens is 1. The molecular formula is C19H19ClN2O2. The summed E-state index contributed by atoms with van der Waals surface area (Å²) in [5.41, 5.74) is 3.40. The zero-order valence-corrected chi connectivity index (χ0v) is 14.7. The van der Waals surface area contributed by atoms with Crippen molar-refractivity contribution < 1.29 is 9.59 Å². The van der Waals surface area contributed by atoms with Crippen molar-refractivity contribution in [3.05, 3.63) is 58.2 Å². The van der Waals surface area contributed by atoms with Gasteiger partial charge in [0.25, 0.3) is 0 Å². The number of carbonyl (C=O) groups is 2. The third-order valence-electron chi connectivity index (χ3n) is 4.43. The van der Waals surface area contributed by atoms with Gasteiger partial charge < -0.3 is 0 Å². The lowest BCUT2D eigenvalue weighted by atomic mass is 9.89. The Morgan fingerprint density at radius 2 is 1.75 bits per heavy atom. The molecule has 1 aliphatic rings. The first kappa shape index (κ1) is 16.7. The molecule has 124 valence electrons. The molecule has 1 fully saturated rings. The number of amides is 2. The highest BCUT2D eigenvalue weighted by molar-refractivity contribution is 6.30. The van der Waals surface area contributed by atoms with E-state index in [2.05, 4.69) is 23.2 Å². The second kappa shape index (κ2) is 6.36. The molecule has 4 nitrogen and oxygen atoms in total. The Kier molecular flexibility index (Phi) is 4.41. The van der Waals surface area contributed by atoms with Crippen LogP contribution in [0.1, 0.15) is 23.6 Å². The second-order valence-corrected chi connectivity index (χ2v) is 6.88. The molecule has 2 amide bonds. The predicted molar refractivity (Wildman–Crippen MR) is 94.0 cm³/mol. The van der Waals surface area contributed by atoms with Crippen molar-refractivity contribution in [3.8, 4) is 0 Å². The Morgan fingerprint density at radius 1 is 1.08 bits per heavy atom. The van der Waals surface area contributed by atoms with E-state index in [1.54, 1.807) is 12.1 Å². The smallest absolute Gasteiger partial charge is 0.239 e. The summed E-state index contributed by atoms with van der Waals surface area (Å²) in [5, 5.41) is 0.470. The van der Waals surface area contributed by atoms with Crippen molar-refractivity contribution in [3.63, 3.8) is 0 Å². The fourth-order valence-corrected chi connectivity index (χ4v) is 3.41. The molecule has 0 radical (unpaired) electrons. The van der Waals surface area contributed by atoms with Gasteiger partial charge in [0.05, 0.1) is 10.9 Å². The van der Waals surface area contributed by atoms with Crippen LogP contribution in [0.15, 0.2) is 36.5 Å². The third-order valence-corrected chi connectivity index (χ3v) is 4.65. The molecule has 2 unspecified atom stereocenters. The van der Waals surface area contributed by atoms with Crippen LogP contribution in [-0.2, 0) is 16.0 Å². The predicted octanol–water partition coefficient (Wildman–Crippen LogP) is 3.72. The highest BCUT2D eigenvalue weighted by Crippen LogP contribution is 2.32. The number of nitrogens with zero attached hydrogens (tertiary/aromatic N) is 2. The molecule has 0 saturated carbocycles. The lowest BCUT2D eigenvalue weighted by Crippen LogP contribution is -2.31. The fourth-order valence-electron chi connectivity index (χ4n) is 3.29. The van der Waals surface area contributed by atoms with E-state index in [0.717, 1.165) is 16.7 Å². The first-order chi connectivity index (χ1) is 11.4. The van der Waals surface area contributed by atoms with Gasteiger partial charge in [0.1, 0.15) is 5.82 Å². The van der Waals surface area contributed by atoms with Gasteiger partial charge in [-0.3, -0.25) is 9.59 Å². The molecule has 1 aromatic heterocycles. The molecule has 1 aromatic carbocycles. The van der Waals surface area contributed by atoms with Crippen LogP contribution in [0.3, 0.4) is 0 Å². The first-order valence-corrected chi connectivity index (χ1v) is 8.31. The number of benzene rings is 1. The molecule has 24 heavy (non-hydrogen) atoms. The van der Waals surface area contributed by atoms with Gasteiger partial charge >= 0.3 is 0 Å². The Morgan fingerprint density at radius 3 is 2.33 bits per heavy atom. The van der Waals surface area contributed by atoms with Crippen LogP contribution in [0.4, 0.5) is 5.82 Å². The van der Waals surface area contributed by atoms with E-state index in [4.69, 9.17) is 11.6 Å². The van der Waals surface area contributed by atoms with Crippen LogP contribution in [0, 0.1) is 25.7 Å². The molecular weight excluding hydrogens is 324 g/mol. The maximum absolute atomic E-state index is 12.8. The zero-order chi connectivity index (χ0) is 17.4. The average molecular weight is 343 g/mol. The van der Waals surface area contributed by atoms with Gasteiger partial charge in [-0.15, -0.1) is 0 Å². The Hall–Kier alpha value is -2.20. The summed E-state index contributed by atoms with van der Waals surface area (Å²) < 4.78 is 0. The van der Waals surface area contributed by atoms with Crippen molar-refractivity contribution >= 4 is 29.2 Å². The number of anilines is 1. The molecule has 5 heteroatoms. The topological polar surface area (TPSA) is 50.3 Å². The Bertz CT molecular complexity index is 781. The minimum Gasteiger partial charge on any atom is -0.274 e. The van der Waals surface area contributed by atoms with Crippen LogP contribution in [0.2, 0.25) is 5.02 Å². The minimum absolute atomic E-state index is 0.193. The summed E-state index contributed by atoms with van der Waals surface area (Å²) in [6, 6.07) is 9.47. The summed E-state index contributed by atoms with van der Waals surface area (Å²) >= 11 is 5.83. The number of halogens is 1. The van der Waals surface area contributed by atoms with E-state index < -0.39 is 0 Å². The average Bonchev–Trinajstić information content (AvgIpc) is 2.71. The lowest BCUT2D eigenvalue weighted by molar-refractivity contribution is -0.122. The van der Waals surface area contributed by atoms with Crippen LogP contribution < -0.4 is 4.90 Å². The van der Waals surface area contributed by atoms with E-state index in [1.165, 1.54) is 11.1 Å². The fraction of sp³-hybridized carbons (Fsp3) is 0.316. The quantitative estimate of drug-likeness (QED) is 0.799. The normalized spacial score (nSPS) is 20.8. The van der Waals surface area contributed by atoms with Gasteiger partial charge in [-0.2, -0.15) is 0 Å². The lowest BCUT2D eigenvalue weighted by Gasteiger charge is -2.14. The second-order valence-electron chi connectivity index (χ2n) is 6.44. The molecule has 0 aliphatic carbocycles. The maximum Gasteiger partial charge on any atom is 0.239 e. The zero-order valence-electron chi connectivity index (χ0n) is 13.9. The molecule has 3 rings (SSSR count). The number of aryl methyl sites for hydroxylation is 2. The van der Waals surface area contributed by atoms with E-state index in [-0.39, 0.29) is 23.7 Å². The van der Waals surface area contributed by atoms with Crippen LogP contribution in [0.5, 0.6) is 0 Å². The molecule has 0 N–H and O–H groups in total. The van der Waals surface area contributed by atoms with Gasteiger partial charge in [-0.1, -0.05) is 47.9 Å². The standard InChI is InChI=1S/C19H19ClN2O2/c1-11-6-12(2)8-14(7-11)9-16-13(3)18(23)22(19(16)24)17-5-4-15(20)10-21-17/h4-8,10,13,16H,9H2,1-3H3. The highest BCUT2D eigenvalue weighted by Gasteiger charge is 2.46. The Balaban J connectivity index is 1.88. The summed E-state index contributed by atoms with van der Waals surface area (Å²) in [7, 11) is 0. The number of hydrogen-bond acceptors (Lipinski definition) is 3. The molecule has 1 saturated heterocycles. The molecule has 0 bridgehead atoms. The van der Waals surface area contributed by atoms with Gasteiger partial charge in [-0.25, -0.2) is 9.88 Å². The minimum atomic E-state index is -0.365. The third kappa shape index (κ3) is 3.06. The summed E-state index contributed by atoms with van der Waals surface area (Å²) in [5.74, 6) is -0.790. The van der Waals surface area contributed by atoms with E-state index in [0.29, 0.717) is 17.3 Å². The molecule has 0 spiro atoms. The van der Waals surface area contributed by atoms with Crippen LogP contribution in [0.25, 0.3) is 0 Å². The van der Waals surface area contributed by atoms with Crippen molar-refractivity contribution in [2.45, 2.75) is 27.2 Å². The summed E-state index contributed by atoms with van der Waals surface area (Å²) in [6.45, 7) is 5.88. The largest absolute Gasteiger partial charge is 0.274 e. The van der Waals surface area contributed by atoms with Crippen molar-refractivity contribution in [2.24, 2.45) is 11.8 Å². The maximum atomic E-state index is 12.8. The molecule has 1 aliphatic heterocycles. The van der Waals surface area contributed by atoms with E-state index >= 15 is 0 Å². The van der Waals surface area contributed by atoms with E-state index in [9.17, 15) is 9.59 Å². The summed E-state index contributed by atoms with van der Waals surface area (Å²) in [6.07, 6.45) is 2.00. The van der Waals surface area contributed by atoms with Crippen molar-refractivity contribution in [2.75, 3.05) is 4.90 Å². The highest BCUT2D eigenvalue weighted by atomic mass is 35.5. The summed E-state index contributed by atoms with van der Waals surface area (Å²) in [4.78, 5) is 30.7. The SMILES string of the molecule is Cc1cc(C)cc(CC2C(=O)N(c3ccc(Cl)cn3)C(=O)C2C)c1.